The Labute approximate surface area is 94.4 Å². The molecular weight excluding hydrogens is 206 g/mol. The minimum Gasteiger partial charge on any atom is -0.444 e. The van der Waals surface area contributed by atoms with E-state index in [0.29, 0.717) is 12.4 Å². The number of nitrogens with one attached hydrogen (secondary N) is 1. The minimum absolute atomic E-state index is 0.0124. The zero-order valence-corrected chi connectivity index (χ0v) is 9.62. The molecule has 1 aliphatic rings. The van der Waals surface area contributed by atoms with Gasteiger partial charge in [-0.3, -0.25) is 4.79 Å². The van der Waals surface area contributed by atoms with Crippen LogP contribution in [0.4, 0.5) is 0 Å². The predicted octanol–water partition coefficient (Wildman–Crippen LogP) is 0.899. The third-order valence-corrected chi connectivity index (χ3v) is 3.08. The summed E-state index contributed by atoms with van der Waals surface area (Å²) in [6.45, 7) is 4.10. The molecule has 0 spiro atoms. The number of hydrogen-bond donors (Lipinski definition) is 2. The number of oxazole rings is 1. The second-order valence-electron chi connectivity index (χ2n) is 4.49. The van der Waals surface area contributed by atoms with Gasteiger partial charge in [0.1, 0.15) is 11.8 Å². The van der Waals surface area contributed by atoms with Crippen molar-refractivity contribution < 1.29 is 9.21 Å². The van der Waals surface area contributed by atoms with E-state index in [1.807, 2.05) is 13.8 Å². The number of rotatable bonds is 4. The van der Waals surface area contributed by atoms with Gasteiger partial charge in [0.25, 0.3) is 0 Å². The quantitative estimate of drug-likeness (QED) is 0.794. The Morgan fingerprint density at radius 3 is 2.88 bits per heavy atom. The van der Waals surface area contributed by atoms with Gasteiger partial charge in [0.2, 0.25) is 11.8 Å². The molecule has 5 nitrogen and oxygen atoms in total. The van der Waals surface area contributed by atoms with Gasteiger partial charge in [-0.05, 0) is 26.7 Å². The third-order valence-electron chi connectivity index (χ3n) is 3.08. The number of hydrogen-bond acceptors (Lipinski definition) is 4. The standard InChI is InChI=1S/C11H17N3O2/c1-7-5-13-9(16-7)8(2)14-10(15)11(6-12)3-4-11/h5,8H,3-4,6,12H2,1-2H3,(H,14,15). The molecule has 1 fully saturated rings. The summed E-state index contributed by atoms with van der Waals surface area (Å²) in [4.78, 5) is 16.0. The molecule has 1 saturated carbocycles. The highest BCUT2D eigenvalue weighted by Crippen LogP contribution is 2.45. The second kappa shape index (κ2) is 3.90. The lowest BCUT2D eigenvalue weighted by molar-refractivity contribution is -0.126. The number of carbonyl (C=O) groups is 1. The number of aromatic nitrogens is 1. The average molecular weight is 223 g/mol. The molecule has 0 aromatic carbocycles. The van der Waals surface area contributed by atoms with Crippen molar-refractivity contribution in [1.82, 2.24) is 10.3 Å². The minimum atomic E-state index is -0.324. The summed E-state index contributed by atoms with van der Waals surface area (Å²) in [5.74, 6) is 1.30. The van der Waals surface area contributed by atoms with E-state index in [0.717, 1.165) is 18.6 Å². The van der Waals surface area contributed by atoms with Crippen molar-refractivity contribution in [2.45, 2.75) is 32.7 Å². The van der Waals surface area contributed by atoms with E-state index < -0.39 is 0 Å². The van der Waals surface area contributed by atoms with E-state index in [1.54, 1.807) is 6.20 Å². The Bertz CT molecular complexity index is 396. The van der Waals surface area contributed by atoms with Crippen LogP contribution in [0.3, 0.4) is 0 Å². The Morgan fingerprint density at radius 2 is 2.44 bits per heavy atom. The van der Waals surface area contributed by atoms with Crippen LogP contribution >= 0.6 is 0 Å². The van der Waals surface area contributed by atoms with Crippen molar-refractivity contribution in [2.24, 2.45) is 11.1 Å². The lowest BCUT2D eigenvalue weighted by Gasteiger charge is -2.16. The maximum absolute atomic E-state index is 11.9. The molecule has 1 aromatic heterocycles. The van der Waals surface area contributed by atoms with E-state index in [9.17, 15) is 4.79 Å². The number of nitrogens with two attached hydrogens (primary N) is 1. The Hall–Kier alpha value is -1.36. The van der Waals surface area contributed by atoms with E-state index >= 15 is 0 Å². The summed E-state index contributed by atoms with van der Waals surface area (Å²) < 4.78 is 5.36. The third kappa shape index (κ3) is 1.95. The zero-order chi connectivity index (χ0) is 11.8. The van der Waals surface area contributed by atoms with Crippen molar-refractivity contribution in [3.05, 3.63) is 17.8 Å². The van der Waals surface area contributed by atoms with E-state index in [-0.39, 0.29) is 17.4 Å². The van der Waals surface area contributed by atoms with Gasteiger partial charge in [0, 0.05) is 6.54 Å². The summed E-state index contributed by atoms with van der Waals surface area (Å²) in [5.41, 5.74) is 5.26. The Balaban J connectivity index is 1.97. The Kier molecular flexibility index (Phi) is 2.71. The van der Waals surface area contributed by atoms with Gasteiger partial charge >= 0.3 is 0 Å². The molecule has 0 radical (unpaired) electrons. The first-order valence-corrected chi connectivity index (χ1v) is 5.51. The lowest BCUT2D eigenvalue weighted by Crippen LogP contribution is -2.38. The molecule has 1 atom stereocenters. The highest BCUT2D eigenvalue weighted by atomic mass is 16.4. The number of nitrogens with zero attached hydrogens (tertiary/aromatic N) is 1. The topological polar surface area (TPSA) is 81.2 Å². The van der Waals surface area contributed by atoms with Crippen LogP contribution in [0.15, 0.2) is 10.6 Å². The smallest absolute Gasteiger partial charge is 0.228 e. The molecule has 1 amide bonds. The van der Waals surface area contributed by atoms with Crippen molar-refractivity contribution in [3.8, 4) is 0 Å². The first kappa shape index (κ1) is 11.1. The second-order valence-corrected chi connectivity index (χ2v) is 4.49. The average Bonchev–Trinajstić information content (AvgIpc) is 2.95. The van der Waals surface area contributed by atoms with Crippen LogP contribution in [0.25, 0.3) is 0 Å². The SMILES string of the molecule is Cc1cnc(C(C)NC(=O)C2(CN)CC2)o1. The highest BCUT2D eigenvalue weighted by Gasteiger charge is 2.48. The molecule has 3 N–H and O–H groups in total. The molecule has 1 aromatic rings. The van der Waals surface area contributed by atoms with Crippen molar-refractivity contribution >= 4 is 5.91 Å². The van der Waals surface area contributed by atoms with Crippen LogP contribution in [-0.2, 0) is 4.79 Å². The molecule has 88 valence electrons. The maximum atomic E-state index is 11.9. The molecule has 0 aliphatic heterocycles. The fraction of sp³-hybridized carbons (Fsp3) is 0.636. The number of aryl methyl sites for hydroxylation is 1. The first-order valence-electron chi connectivity index (χ1n) is 5.51. The number of amides is 1. The van der Waals surface area contributed by atoms with Crippen molar-refractivity contribution in [2.75, 3.05) is 6.54 Å². The zero-order valence-electron chi connectivity index (χ0n) is 9.62. The molecule has 0 bridgehead atoms. The molecule has 2 rings (SSSR count). The normalized spacial score (nSPS) is 19.2. The summed E-state index contributed by atoms with van der Waals surface area (Å²) in [5, 5.41) is 2.89. The molecule has 5 heteroatoms. The fourth-order valence-electron chi connectivity index (χ4n) is 1.66. The van der Waals surface area contributed by atoms with E-state index in [1.165, 1.54) is 0 Å². The number of carbonyl (C=O) groups excluding carboxylic acids is 1. The van der Waals surface area contributed by atoms with Crippen LogP contribution in [-0.4, -0.2) is 17.4 Å². The van der Waals surface area contributed by atoms with Gasteiger partial charge in [-0.2, -0.15) is 0 Å². The van der Waals surface area contributed by atoms with Gasteiger partial charge < -0.3 is 15.5 Å². The van der Waals surface area contributed by atoms with Gasteiger partial charge in [-0.25, -0.2) is 4.98 Å². The maximum Gasteiger partial charge on any atom is 0.228 e. The predicted molar refractivity (Wildman–Crippen MR) is 58.5 cm³/mol. The molecule has 1 heterocycles. The molecular formula is C11H17N3O2. The van der Waals surface area contributed by atoms with Crippen molar-refractivity contribution in [1.29, 1.82) is 0 Å². The Morgan fingerprint density at radius 1 is 1.75 bits per heavy atom. The summed E-state index contributed by atoms with van der Waals surface area (Å²) in [6, 6.07) is -0.203. The van der Waals surface area contributed by atoms with Crippen molar-refractivity contribution in [3.63, 3.8) is 0 Å². The van der Waals surface area contributed by atoms with Gasteiger partial charge in [-0.15, -0.1) is 0 Å². The van der Waals surface area contributed by atoms with Gasteiger partial charge in [-0.1, -0.05) is 0 Å². The summed E-state index contributed by atoms with van der Waals surface area (Å²) in [7, 11) is 0. The molecule has 1 aliphatic carbocycles. The monoisotopic (exact) mass is 223 g/mol. The van der Waals surface area contributed by atoms with Crippen LogP contribution in [0, 0.1) is 12.3 Å². The van der Waals surface area contributed by atoms with E-state index in [4.69, 9.17) is 10.2 Å². The van der Waals surface area contributed by atoms with E-state index in [2.05, 4.69) is 10.3 Å². The summed E-state index contributed by atoms with van der Waals surface area (Å²) in [6.07, 6.45) is 3.41. The first-order chi connectivity index (χ1) is 7.57. The highest BCUT2D eigenvalue weighted by molar-refractivity contribution is 5.85. The largest absolute Gasteiger partial charge is 0.444 e. The van der Waals surface area contributed by atoms with Gasteiger partial charge in [0.05, 0.1) is 11.6 Å². The van der Waals surface area contributed by atoms with Gasteiger partial charge in [0.15, 0.2) is 0 Å². The van der Waals surface area contributed by atoms with Crippen LogP contribution in [0.2, 0.25) is 0 Å². The molecule has 16 heavy (non-hydrogen) atoms. The molecule has 0 saturated heterocycles. The van der Waals surface area contributed by atoms with Crippen LogP contribution in [0.5, 0.6) is 0 Å². The van der Waals surface area contributed by atoms with Crippen LogP contribution < -0.4 is 11.1 Å². The fourth-order valence-corrected chi connectivity index (χ4v) is 1.66. The lowest BCUT2D eigenvalue weighted by atomic mass is 10.1. The summed E-state index contributed by atoms with van der Waals surface area (Å²) >= 11 is 0. The molecule has 1 unspecified atom stereocenters. The van der Waals surface area contributed by atoms with Crippen LogP contribution in [0.1, 0.15) is 37.5 Å².